The predicted molar refractivity (Wildman–Crippen MR) is 44.0 cm³/mol. The molecule has 0 amide bonds. The Morgan fingerprint density at radius 3 is 2.62 bits per heavy atom. The summed E-state index contributed by atoms with van der Waals surface area (Å²) < 4.78 is 4.78. The van der Waals surface area contributed by atoms with Crippen LogP contribution in [-0.2, 0) is 3.07 Å². The first-order chi connectivity index (χ1) is 3.77. The van der Waals surface area contributed by atoms with Crippen molar-refractivity contribution in [3.05, 3.63) is 12.2 Å². The van der Waals surface area contributed by atoms with Gasteiger partial charge in [-0.3, -0.25) is 0 Å². The maximum atomic E-state index is 4.78. The van der Waals surface area contributed by atoms with Gasteiger partial charge in [-0.1, -0.05) is 26.0 Å². The van der Waals surface area contributed by atoms with Crippen LogP contribution < -0.4 is 0 Å². The van der Waals surface area contributed by atoms with Crippen molar-refractivity contribution >= 4 is 23.0 Å². The van der Waals surface area contributed by atoms with E-state index in [2.05, 4.69) is 19.9 Å². The van der Waals surface area contributed by atoms with E-state index in [0.717, 1.165) is 6.61 Å². The first-order valence-corrected chi connectivity index (χ1v) is 3.55. The molecule has 0 radical (unpaired) electrons. The van der Waals surface area contributed by atoms with E-state index in [1.54, 1.807) is 0 Å². The minimum atomic E-state index is 0.640. The van der Waals surface area contributed by atoms with Crippen LogP contribution in [0.1, 0.15) is 13.8 Å². The first-order valence-electron chi connectivity index (χ1n) is 2.67. The highest BCUT2D eigenvalue weighted by atomic mass is 127. The van der Waals surface area contributed by atoms with Crippen molar-refractivity contribution in [1.82, 2.24) is 0 Å². The van der Waals surface area contributed by atoms with E-state index in [1.165, 1.54) is 0 Å². The number of allylic oxidation sites excluding steroid dienone is 1. The second kappa shape index (κ2) is 5.56. The SMILES string of the molecule is CC(C)/C=C/COI. The average Bonchev–Trinajstić information content (AvgIpc) is 1.66. The first kappa shape index (κ1) is 8.43. The average molecular weight is 226 g/mol. The van der Waals surface area contributed by atoms with Gasteiger partial charge in [0, 0.05) is 0 Å². The summed E-state index contributed by atoms with van der Waals surface area (Å²) in [5, 5.41) is 0. The molecular formula is C6H11IO. The molecule has 0 unspecified atom stereocenters. The molecule has 8 heavy (non-hydrogen) atoms. The van der Waals surface area contributed by atoms with Gasteiger partial charge in [-0.2, -0.15) is 0 Å². The molecule has 0 fully saturated rings. The van der Waals surface area contributed by atoms with Gasteiger partial charge in [-0.05, 0) is 5.92 Å². The van der Waals surface area contributed by atoms with E-state index in [9.17, 15) is 0 Å². The quantitative estimate of drug-likeness (QED) is 0.530. The summed E-state index contributed by atoms with van der Waals surface area (Å²) >= 11 is 1.88. The molecule has 0 saturated heterocycles. The molecule has 48 valence electrons. The van der Waals surface area contributed by atoms with Crippen LogP contribution in [0, 0.1) is 5.92 Å². The molecule has 0 atom stereocenters. The van der Waals surface area contributed by atoms with Gasteiger partial charge in [-0.25, -0.2) is 0 Å². The second-order valence-electron chi connectivity index (χ2n) is 1.95. The Kier molecular flexibility index (Phi) is 5.86. The molecule has 2 heteroatoms. The Morgan fingerprint density at radius 2 is 2.25 bits per heavy atom. The zero-order chi connectivity index (χ0) is 6.41. The summed E-state index contributed by atoms with van der Waals surface area (Å²) in [5.74, 6) is 0.640. The maximum absolute atomic E-state index is 4.78. The maximum Gasteiger partial charge on any atom is 0.110 e. The van der Waals surface area contributed by atoms with Gasteiger partial charge in [0.2, 0.25) is 0 Å². The fourth-order valence-corrected chi connectivity index (χ4v) is 0.572. The van der Waals surface area contributed by atoms with E-state index in [0.29, 0.717) is 5.92 Å². The molecule has 0 aromatic carbocycles. The van der Waals surface area contributed by atoms with E-state index in [1.807, 2.05) is 29.1 Å². The third-order valence-corrected chi connectivity index (χ3v) is 1.04. The van der Waals surface area contributed by atoms with Crippen LogP contribution in [0.5, 0.6) is 0 Å². The Hall–Kier alpha value is 0.430. The number of halogens is 1. The van der Waals surface area contributed by atoms with E-state index >= 15 is 0 Å². The third kappa shape index (κ3) is 6.43. The largest absolute Gasteiger partial charge is 0.312 e. The van der Waals surface area contributed by atoms with Gasteiger partial charge in [0.15, 0.2) is 0 Å². The highest BCUT2D eigenvalue weighted by Gasteiger charge is 1.80. The lowest BCUT2D eigenvalue weighted by atomic mass is 10.2. The van der Waals surface area contributed by atoms with E-state index in [-0.39, 0.29) is 0 Å². The van der Waals surface area contributed by atoms with Crippen LogP contribution in [-0.4, -0.2) is 6.61 Å². The van der Waals surface area contributed by atoms with Crippen molar-refractivity contribution in [2.45, 2.75) is 13.8 Å². The van der Waals surface area contributed by atoms with Crippen molar-refractivity contribution < 1.29 is 3.07 Å². The van der Waals surface area contributed by atoms with Crippen molar-refractivity contribution in [2.24, 2.45) is 5.92 Å². The molecule has 0 spiro atoms. The highest BCUT2D eigenvalue weighted by molar-refractivity contribution is 14.1. The molecule has 0 rings (SSSR count). The molecule has 0 aromatic heterocycles. The molecule has 0 aliphatic carbocycles. The second-order valence-corrected chi connectivity index (χ2v) is 2.57. The molecule has 0 saturated carbocycles. The minimum absolute atomic E-state index is 0.640. The van der Waals surface area contributed by atoms with Crippen molar-refractivity contribution in [1.29, 1.82) is 0 Å². The molecule has 1 nitrogen and oxygen atoms in total. The van der Waals surface area contributed by atoms with Gasteiger partial charge in [0.25, 0.3) is 0 Å². The van der Waals surface area contributed by atoms with Crippen molar-refractivity contribution in [3.8, 4) is 0 Å². The monoisotopic (exact) mass is 226 g/mol. The van der Waals surface area contributed by atoms with Crippen LogP contribution in [0.3, 0.4) is 0 Å². The smallest absolute Gasteiger partial charge is 0.110 e. The summed E-state index contributed by atoms with van der Waals surface area (Å²) in [6, 6.07) is 0. The van der Waals surface area contributed by atoms with Crippen LogP contribution in [0.2, 0.25) is 0 Å². The predicted octanol–water partition coefficient (Wildman–Crippen LogP) is 2.57. The molecule has 0 aliphatic heterocycles. The molecule has 0 N–H and O–H groups in total. The Labute approximate surface area is 64.8 Å². The van der Waals surface area contributed by atoms with Crippen LogP contribution in [0.15, 0.2) is 12.2 Å². The van der Waals surface area contributed by atoms with Gasteiger partial charge < -0.3 is 3.07 Å². The lowest BCUT2D eigenvalue weighted by molar-refractivity contribution is 0.487. The number of rotatable bonds is 3. The lowest BCUT2D eigenvalue weighted by Gasteiger charge is -1.90. The normalized spacial score (nSPS) is 11.5. The van der Waals surface area contributed by atoms with Gasteiger partial charge in [0.1, 0.15) is 23.0 Å². The minimum Gasteiger partial charge on any atom is -0.312 e. The summed E-state index contributed by atoms with van der Waals surface area (Å²) in [6.45, 7) is 5.01. The highest BCUT2D eigenvalue weighted by Crippen LogP contribution is 1.93. The molecular weight excluding hydrogens is 215 g/mol. The zero-order valence-corrected chi connectivity index (χ0v) is 7.38. The molecule has 0 aromatic rings. The number of hydrogen-bond donors (Lipinski definition) is 0. The van der Waals surface area contributed by atoms with E-state index in [4.69, 9.17) is 3.07 Å². The van der Waals surface area contributed by atoms with Crippen LogP contribution in [0.4, 0.5) is 0 Å². The fraction of sp³-hybridized carbons (Fsp3) is 0.667. The molecule has 0 aliphatic rings. The van der Waals surface area contributed by atoms with Crippen molar-refractivity contribution in [2.75, 3.05) is 6.61 Å². The van der Waals surface area contributed by atoms with Gasteiger partial charge in [-0.15, -0.1) is 0 Å². The topological polar surface area (TPSA) is 9.23 Å². The lowest BCUT2D eigenvalue weighted by Crippen LogP contribution is -1.79. The molecule has 0 bridgehead atoms. The molecule has 0 heterocycles. The van der Waals surface area contributed by atoms with E-state index < -0.39 is 0 Å². The van der Waals surface area contributed by atoms with Gasteiger partial charge >= 0.3 is 0 Å². The number of hydrogen-bond acceptors (Lipinski definition) is 1. The summed E-state index contributed by atoms with van der Waals surface area (Å²) in [7, 11) is 0. The summed E-state index contributed by atoms with van der Waals surface area (Å²) in [5.41, 5.74) is 0. The van der Waals surface area contributed by atoms with Crippen molar-refractivity contribution in [3.63, 3.8) is 0 Å². The third-order valence-electron chi connectivity index (χ3n) is 0.680. The fourth-order valence-electron chi connectivity index (χ4n) is 0.364. The van der Waals surface area contributed by atoms with Gasteiger partial charge in [0.05, 0.1) is 6.61 Å². The summed E-state index contributed by atoms with van der Waals surface area (Å²) in [4.78, 5) is 0. The Morgan fingerprint density at radius 1 is 1.62 bits per heavy atom. The van der Waals surface area contributed by atoms with Crippen LogP contribution in [0.25, 0.3) is 0 Å². The summed E-state index contributed by atoms with van der Waals surface area (Å²) in [6.07, 6.45) is 4.15. The zero-order valence-electron chi connectivity index (χ0n) is 5.23. The Bertz CT molecular complexity index is 68.9. The van der Waals surface area contributed by atoms with Crippen LogP contribution >= 0.6 is 23.0 Å². The standard InChI is InChI=1S/C6H11IO/c1-6(2)4-3-5-8-7/h3-4,6H,5H2,1-2H3/b4-3+. The Balaban J connectivity index is 3.07.